The van der Waals surface area contributed by atoms with Crippen molar-refractivity contribution >= 4 is 28.8 Å². The summed E-state index contributed by atoms with van der Waals surface area (Å²) in [5.74, 6) is 0. The Hall–Kier alpha value is -1.11. The number of ether oxygens (including phenoxy) is 1. The second-order valence-corrected chi connectivity index (χ2v) is 14.1. The topological polar surface area (TPSA) is 117 Å². The van der Waals surface area contributed by atoms with Crippen molar-refractivity contribution in [1.82, 2.24) is 10.6 Å². The molecular weight excluding hydrogens is 300 g/mol. The highest BCUT2D eigenvalue weighted by molar-refractivity contribution is 6.85. The summed E-state index contributed by atoms with van der Waals surface area (Å²) in [6, 6.07) is 0. The molecule has 0 heterocycles. The standard InChI is InChI=1S/C10H24N2O6Si2/c1-19(2,7-11-9(14)15)18-20(3,4)8-12-10(16)17-6-5-13/h11,13H,5-8H2,1-4H3,(H,12,16)(H,14,15). The molecule has 0 atom stereocenters. The predicted molar refractivity (Wildman–Crippen MR) is 78.5 cm³/mol. The van der Waals surface area contributed by atoms with Gasteiger partial charge in [0.15, 0.2) is 16.6 Å². The summed E-state index contributed by atoms with van der Waals surface area (Å²) in [7, 11) is -4.32. The third-order valence-electron chi connectivity index (χ3n) is 2.20. The minimum absolute atomic E-state index is 0.0442. The van der Waals surface area contributed by atoms with Gasteiger partial charge in [0.2, 0.25) is 0 Å². The van der Waals surface area contributed by atoms with Gasteiger partial charge in [0, 0.05) is 12.3 Å². The van der Waals surface area contributed by atoms with E-state index in [2.05, 4.69) is 15.4 Å². The minimum atomic E-state index is -2.16. The zero-order chi connectivity index (χ0) is 15.8. The van der Waals surface area contributed by atoms with Crippen LogP contribution in [0, 0.1) is 0 Å². The average molecular weight is 324 g/mol. The highest BCUT2D eigenvalue weighted by Crippen LogP contribution is 2.13. The van der Waals surface area contributed by atoms with E-state index in [4.69, 9.17) is 14.3 Å². The van der Waals surface area contributed by atoms with Gasteiger partial charge in [-0.25, -0.2) is 9.59 Å². The van der Waals surface area contributed by atoms with Crippen LogP contribution in [0.5, 0.6) is 0 Å². The van der Waals surface area contributed by atoms with Crippen LogP contribution >= 0.6 is 0 Å². The first-order valence-electron chi connectivity index (χ1n) is 6.26. The second kappa shape index (κ2) is 8.24. The fourth-order valence-corrected chi connectivity index (χ4v) is 9.29. The molecule has 0 fully saturated rings. The lowest BCUT2D eigenvalue weighted by molar-refractivity contribution is 0.120. The Labute approximate surface area is 120 Å². The Morgan fingerprint density at radius 2 is 1.55 bits per heavy atom. The molecule has 0 aliphatic heterocycles. The lowest BCUT2D eigenvalue weighted by Gasteiger charge is -2.33. The molecule has 4 N–H and O–H groups in total. The van der Waals surface area contributed by atoms with Gasteiger partial charge in [0.05, 0.1) is 6.61 Å². The van der Waals surface area contributed by atoms with Crippen molar-refractivity contribution in [2.75, 3.05) is 25.5 Å². The van der Waals surface area contributed by atoms with Gasteiger partial charge in [-0.3, -0.25) is 0 Å². The zero-order valence-electron chi connectivity index (χ0n) is 12.4. The van der Waals surface area contributed by atoms with Gasteiger partial charge in [0.25, 0.3) is 0 Å². The highest BCUT2D eigenvalue weighted by Gasteiger charge is 2.33. The van der Waals surface area contributed by atoms with Gasteiger partial charge in [-0.1, -0.05) is 0 Å². The molecule has 8 nitrogen and oxygen atoms in total. The van der Waals surface area contributed by atoms with Crippen molar-refractivity contribution in [3.8, 4) is 0 Å². The maximum atomic E-state index is 11.3. The van der Waals surface area contributed by atoms with Gasteiger partial charge < -0.3 is 29.7 Å². The van der Waals surface area contributed by atoms with Gasteiger partial charge in [-0.05, 0) is 26.2 Å². The number of rotatable bonds is 8. The monoisotopic (exact) mass is 324 g/mol. The molecule has 2 amide bonds. The molecule has 0 radical (unpaired) electrons. The number of aliphatic hydroxyl groups is 1. The molecule has 20 heavy (non-hydrogen) atoms. The highest BCUT2D eigenvalue weighted by atomic mass is 28.4. The Balaban J connectivity index is 4.21. The minimum Gasteiger partial charge on any atom is -0.465 e. The van der Waals surface area contributed by atoms with Crippen molar-refractivity contribution in [1.29, 1.82) is 0 Å². The lowest BCUT2D eigenvalue weighted by atomic mass is 10.8. The summed E-state index contributed by atoms with van der Waals surface area (Å²) in [6.07, 6.45) is -1.00. The molecule has 0 aliphatic rings. The van der Waals surface area contributed by atoms with Crippen LogP contribution in [-0.2, 0) is 8.85 Å². The molecule has 0 spiro atoms. The summed E-state index contributed by atoms with van der Waals surface area (Å²) in [6.45, 7) is 7.45. The van der Waals surface area contributed by atoms with Gasteiger partial charge in [-0.2, -0.15) is 0 Å². The van der Waals surface area contributed by atoms with Gasteiger partial charge >= 0.3 is 12.2 Å². The Morgan fingerprint density at radius 3 is 2.00 bits per heavy atom. The molecule has 0 aromatic carbocycles. The maximum Gasteiger partial charge on any atom is 0.407 e. The van der Waals surface area contributed by atoms with E-state index in [1.54, 1.807) is 0 Å². The first kappa shape index (κ1) is 18.9. The van der Waals surface area contributed by atoms with E-state index in [0.29, 0.717) is 12.3 Å². The summed E-state index contributed by atoms with van der Waals surface area (Å²) in [5, 5.41) is 22.1. The molecule has 0 unspecified atom stereocenters. The van der Waals surface area contributed by atoms with E-state index in [1.165, 1.54) is 0 Å². The zero-order valence-corrected chi connectivity index (χ0v) is 14.4. The number of alkyl carbamates (subject to hydrolysis) is 1. The van der Waals surface area contributed by atoms with E-state index in [1.807, 2.05) is 26.2 Å². The number of carboxylic acid groups (broad SMARTS) is 1. The van der Waals surface area contributed by atoms with Crippen LogP contribution < -0.4 is 10.6 Å². The SMILES string of the molecule is C[Si](C)(CNC(=O)O)O[Si](C)(C)CNC(=O)OCCO. The molecule has 0 bridgehead atoms. The fraction of sp³-hybridized carbons (Fsp3) is 0.800. The van der Waals surface area contributed by atoms with Crippen molar-refractivity contribution < 1.29 is 28.7 Å². The number of carbonyl (C=O) groups excluding carboxylic acids is 1. The third-order valence-corrected chi connectivity index (χ3v) is 8.68. The summed E-state index contributed by atoms with van der Waals surface area (Å²) >= 11 is 0. The number of amides is 2. The van der Waals surface area contributed by atoms with Crippen LogP contribution in [0.4, 0.5) is 9.59 Å². The quantitative estimate of drug-likeness (QED) is 0.482. The molecule has 0 aliphatic carbocycles. The Morgan fingerprint density at radius 1 is 1.05 bits per heavy atom. The Kier molecular flexibility index (Phi) is 7.79. The van der Waals surface area contributed by atoms with Crippen molar-refractivity contribution in [2.45, 2.75) is 26.2 Å². The van der Waals surface area contributed by atoms with E-state index in [0.717, 1.165) is 0 Å². The summed E-state index contributed by atoms with van der Waals surface area (Å²) < 4.78 is 10.7. The fourth-order valence-electron chi connectivity index (χ4n) is 1.58. The number of hydrogen-bond donors (Lipinski definition) is 4. The smallest absolute Gasteiger partial charge is 0.407 e. The van der Waals surface area contributed by atoms with Crippen LogP contribution in [0.25, 0.3) is 0 Å². The largest absolute Gasteiger partial charge is 0.465 e. The first-order chi connectivity index (χ1) is 9.08. The number of aliphatic hydroxyl groups excluding tert-OH is 1. The van der Waals surface area contributed by atoms with Crippen LogP contribution in [-0.4, -0.2) is 64.6 Å². The van der Waals surface area contributed by atoms with Crippen molar-refractivity contribution in [2.24, 2.45) is 0 Å². The van der Waals surface area contributed by atoms with E-state index in [-0.39, 0.29) is 13.2 Å². The van der Waals surface area contributed by atoms with E-state index in [9.17, 15) is 9.59 Å². The van der Waals surface area contributed by atoms with Gasteiger partial charge in [0.1, 0.15) is 6.61 Å². The van der Waals surface area contributed by atoms with Crippen LogP contribution in [0.1, 0.15) is 0 Å². The number of hydrogen-bond acceptors (Lipinski definition) is 5. The number of carbonyl (C=O) groups is 2. The normalized spacial score (nSPS) is 11.8. The van der Waals surface area contributed by atoms with Gasteiger partial charge in [-0.15, -0.1) is 0 Å². The maximum absolute atomic E-state index is 11.3. The van der Waals surface area contributed by atoms with Crippen molar-refractivity contribution in [3.05, 3.63) is 0 Å². The van der Waals surface area contributed by atoms with E-state index >= 15 is 0 Å². The summed E-state index contributed by atoms with van der Waals surface area (Å²) in [4.78, 5) is 21.8. The van der Waals surface area contributed by atoms with Crippen LogP contribution in [0.3, 0.4) is 0 Å². The molecule has 118 valence electrons. The number of nitrogens with one attached hydrogen (secondary N) is 2. The third kappa shape index (κ3) is 9.78. The average Bonchev–Trinajstić information content (AvgIpc) is 2.30. The molecule has 0 saturated heterocycles. The molecule has 0 saturated carbocycles. The molecule has 10 heteroatoms. The Bertz CT molecular complexity index is 338. The summed E-state index contributed by atoms with van der Waals surface area (Å²) in [5.41, 5.74) is 0. The molecule has 0 aromatic rings. The van der Waals surface area contributed by atoms with Crippen LogP contribution in [0.2, 0.25) is 26.2 Å². The molecule has 0 rings (SSSR count). The molecule has 0 aromatic heterocycles. The molecular formula is C10H24N2O6Si2. The second-order valence-electron chi connectivity index (χ2n) is 5.49. The van der Waals surface area contributed by atoms with Crippen LogP contribution in [0.15, 0.2) is 0 Å². The predicted octanol–water partition coefficient (Wildman–Crippen LogP) is 0.478. The lowest BCUT2D eigenvalue weighted by Crippen LogP contribution is -2.55. The first-order valence-corrected chi connectivity index (χ1v) is 12.5. The van der Waals surface area contributed by atoms with E-state index < -0.39 is 28.8 Å². The van der Waals surface area contributed by atoms with Crippen molar-refractivity contribution in [3.63, 3.8) is 0 Å².